The number of pyridine rings is 1. The normalized spacial score (nSPS) is 10.7. The molecule has 3 heterocycles. The quantitative estimate of drug-likeness (QED) is 0.587. The van der Waals surface area contributed by atoms with Crippen LogP contribution >= 0.6 is 0 Å². The van der Waals surface area contributed by atoms with Gasteiger partial charge in [0, 0.05) is 36.3 Å². The molecule has 134 valence electrons. The van der Waals surface area contributed by atoms with Crippen LogP contribution in [-0.2, 0) is 6.54 Å². The number of nitrogens with zero attached hydrogens (tertiary/aromatic N) is 5. The molecule has 0 aliphatic rings. The zero-order valence-corrected chi connectivity index (χ0v) is 14.5. The third-order valence-electron chi connectivity index (χ3n) is 3.95. The van der Waals surface area contributed by atoms with E-state index >= 15 is 0 Å². The highest BCUT2D eigenvalue weighted by Gasteiger charge is 2.09. The fraction of sp³-hybridized carbons (Fsp3) is 0.105. The highest BCUT2D eigenvalue weighted by atomic mass is 16.5. The summed E-state index contributed by atoms with van der Waals surface area (Å²) in [5.74, 6) is 1.61. The third kappa shape index (κ3) is 3.74. The van der Waals surface area contributed by atoms with Crippen LogP contribution < -0.4 is 5.32 Å². The number of aryl methyl sites for hydroxylation is 1. The maximum atomic E-state index is 12.3. The molecule has 0 bridgehead atoms. The average molecular weight is 360 g/mol. The Bertz CT molecular complexity index is 1040. The number of hydrogen-bond donors (Lipinski definition) is 1. The lowest BCUT2D eigenvalue weighted by Crippen LogP contribution is -2.22. The summed E-state index contributed by atoms with van der Waals surface area (Å²) < 4.78 is 6.93. The Labute approximate surface area is 154 Å². The maximum absolute atomic E-state index is 12.3. The second-order valence-electron chi connectivity index (χ2n) is 5.90. The van der Waals surface area contributed by atoms with Gasteiger partial charge in [-0.3, -0.25) is 9.36 Å². The van der Waals surface area contributed by atoms with Crippen molar-refractivity contribution in [1.29, 1.82) is 0 Å². The van der Waals surface area contributed by atoms with E-state index in [9.17, 15) is 4.79 Å². The van der Waals surface area contributed by atoms with E-state index in [-0.39, 0.29) is 5.91 Å². The van der Waals surface area contributed by atoms with Gasteiger partial charge in [0.05, 0.1) is 0 Å². The largest absolute Gasteiger partial charge is 0.348 e. The lowest BCUT2D eigenvalue weighted by atomic mass is 10.1. The number of amides is 1. The summed E-state index contributed by atoms with van der Waals surface area (Å²) in [6.07, 6.45) is 6.93. The topological polar surface area (TPSA) is 98.7 Å². The molecule has 1 N–H and O–H groups in total. The standard InChI is InChI=1S/C19H16N6O2/c1-13-23-19(27-24-13)16-5-3-15(4-6-16)18(26)22-11-14-2-7-17(21-10-14)25-9-8-20-12-25/h2-10,12H,11H2,1H3,(H,22,26). The first-order chi connectivity index (χ1) is 13.2. The van der Waals surface area contributed by atoms with Gasteiger partial charge in [-0.05, 0) is 42.8 Å². The van der Waals surface area contributed by atoms with Crippen LogP contribution in [0.1, 0.15) is 21.7 Å². The Kier molecular flexibility index (Phi) is 4.44. The zero-order chi connectivity index (χ0) is 18.6. The molecule has 4 aromatic rings. The van der Waals surface area contributed by atoms with Gasteiger partial charge < -0.3 is 9.84 Å². The van der Waals surface area contributed by atoms with E-state index in [1.165, 1.54) is 0 Å². The molecule has 3 aromatic heterocycles. The first kappa shape index (κ1) is 16.6. The first-order valence-electron chi connectivity index (χ1n) is 8.31. The number of aromatic nitrogens is 5. The highest BCUT2D eigenvalue weighted by Crippen LogP contribution is 2.17. The molecular formula is C19H16N6O2. The van der Waals surface area contributed by atoms with E-state index in [1.54, 1.807) is 49.9 Å². The summed E-state index contributed by atoms with van der Waals surface area (Å²) in [6.45, 7) is 2.15. The van der Waals surface area contributed by atoms with Gasteiger partial charge in [0.1, 0.15) is 12.1 Å². The molecule has 8 heteroatoms. The van der Waals surface area contributed by atoms with Crippen LogP contribution in [0.3, 0.4) is 0 Å². The van der Waals surface area contributed by atoms with E-state index < -0.39 is 0 Å². The van der Waals surface area contributed by atoms with Crippen molar-refractivity contribution in [3.05, 3.63) is 78.3 Å². The van der Waals surface area contributed by atoms with Crippen molar-refractivity contribution >= 4 is 5.91 Å². The number of imidazole rings is 1. The van der Waals surface area contributed by atoms with Crippen LogP contribution in [0.4, 0.5) is 0 Å². The lowest BCUT2D eigenvalue weighted by Gasteiger charge is -2.07. The maximum Gasteiger partial charge on any atom is 0.257 e. The number of carbonyl (C=O) groups is 1. The molecule has 0 fully saturated rings. The SMILES string of the molecule is Cc1noc(-c2ccc(C(=O)NCc3ccc(-n4ccnc4)nc3)cc2)n1. The molecule has 27 heavy (non-hydrogen) atoms. The van der Waals surface area contributed by atoms with Gasteiger partial charge in [-0.2, -0.15) is 4.98 Å². The highest BCUT2D eigenvalue weighted by molar-refractivity contribution is 5.94. The molecule has 0 spiro atoms. The second kappa shape index (κ2) is 7.20. The fourth-order valence-electron chi connectivity index (χ4n) is 2.53. The van der Waals surface area contributed by atoms with Gasteiger partial charge in [0.25, 0.3) is 11.8 Å². The molecule has 0 atom stereocenters. The molecule has 0 aliphatic carbocycles. The lowest BCUT2D eigenvalue weighted by molar-refractivity contribution is 0.0951. The Morgan fingerprint density at radius 1 is 1.19 bits per heavy atom. The molecule has 0 unspecified atom stereocenters. The molecule has 8 nitrogen and oxygen atoms in total. The molecule has 0 saturated heterocycles. The van der Waals surface area contributed by atoms with Crippen LogP contribution in [-0.4, -0.2) is 30.6 Å². The molecular weight excluding hydrogens is 344 g/mol. The Morgan fingerprint density at radius 3 is 2.67 bits per heavy atom. The number of carbonyl (C=O) groups excluding carboxylic acids is 1. The van der Waals surface area contributed by atoms with Crippen molar-refractivity contribution in [1.82, 2.24) is 30.0 Å². The van der Waals surface area contributed by atoms with E-state index in [4.69, 9.17) is 4.52 Å². The molecule has 1 amide bonds. The Balaban J connectivity index is 1.37. The van der Waals surface area contributed by atoms with Crippen molar-refractivity contribution in [3.8, 4) is 17.3 Å². The predicted octanol–water partition coefficient (Wildman–Crippen LogP) is 2.56. The van der Waals surface area contributed by atoms with E-state index in [0.717, 1.165) is 16.9 Å². The van der Waals surface area contributed by atoms with Crippen molar-refractivity contribution in [3.63, 3.8) is 0 Å². The van der Waals surface area contributed by atoms with Gasteiger partial charge >= 0.3 is 0 Å². The van der Waals surface area contributed by atoms with Crippen LogP contribution in [0.15, 0.2) is 65.8 Å². The van der Waals surface area contributed by atoms with Crippen molar-refractivity contribution in [2.24, 2.45) is 0 Å². The van der Waals surface area contributed by atoms with Gasteiger partial charge in [0.2, 0.25) is 0 Å². The summed E-state index contributed by atoms with van der Waals surface area (Å²) in [7, 11) is 0. The summed E-state index contributed by atoms with van der Waals surface area (Å²) in [6, 6.07) is 10.8. The van der Waals surface area contributed by atoms with Gasteiger partial charge in [-0.15, -0.1) is 0 Å². The number of hydrogen-bond acceptors (Lipinski definition) is 6. The van der Waals surface area contributed by atoms with E-state index in [2.05, 4.69) is 25.4 Å². The van der Waals surface area contributed by atoms with Gasteiger partial charge in [0.15, 0.2) is 5.82 Å². The van der Waals surface area contributed by atoms with Crippen molar-refractivity contribution < 1.29 is 9.32 Å². The number of nitrogens with one attached hydrogen (secondary N) is 1. The monoisotopic (exact) mass is 360 g/mol. The van der Waals surface area contributed by atoms with Crippen LogP contribution in [0.5, 0.6) is 0 Å². The summed E-state index contributed by atoms with van der Waals surface area (Å²) in [5.41, 5.74) is 2.23. The van der Waals surface area contributed by atoms with Gasteiger partial charge in [-0.1, -0.05) is 11.2 Å². The summed E-state index contributed by atoms with van der Waals surface area (Å²) in [5, 5.41) is 6.64. The summed E-state index contributed by atoms with van der Waals surface area (Å²) in [4.78, 5) is 24.9. The summed E-state index contributed by atoms with van der Waals surface area (Å²) >= 11 is 0. The minimum atomic E-state index is -0.165. The van der Waals surface area contributed by atoms with E-state index in [1.807, 2.05) is 22.9 Å². The number of rotatable bonds is 5. The molecule has 0 aliphatic heterocycles. The predicted molar refractivity (Wildman–Crippen MR) is 97.0 cm³/mol. The first-order valence-corrected chi connectivity index (χ1v) is 8.31. The van der Waals surface area contributed by atoms with Crippen LogP contribution in [0.25, 0.3) is 17.3 Å². The molecule has 0 radical (unpaired) electrons. The minimum absolute atomic E-state index is 0.165. The average Bonchev–Trinajstić information content (AvgIpc) is 3.39. The van der Waals surface area contributed by atoms with Crippen molar-refractivity contribution in [2.75, 3.05) is 0 Å². The Morgan fingerprint density at radius 2 is 2.04 bits per heavy atom. The van der Waals surface area contributed by atoms with Gasteiger partial charge in [-0.25, -0.2) is 9.97 Å². The van der Waals surface area contributed by atoms with E-state index in [0.29, 0.717) is 23.8 Å². The third-order valence-corrected chi connectivity index (χ3v) is 3.95. The van der Waals surface area contributed by atoms with Crippen LogP contribution in [0.2, 0.25) is 0 Å². The second-order valence-corrected chi connectivity index (χ2v) is 5.90. The fourth-order valence-corrected chi connectivity index (χ4v) is 2.53. The number of benzene rings is 1. The van der Waals surface area contributed by atoms with Crippen LogP contribution in [0, 0.1) is 6.92 Å². The molecule has 1 aromatic carbocycles. The molecule has 0 saturated carbocycles. The van der Waals surface area contributed by atoms with Crippen molar-refractivity contribution in [2.45, 2.75) is 13.5 Å². The smallest absolute Gasteiger partial charge is 0.257 e. The zero-order valence-electron chi connectivity index (χ0n) is 14.5. The molecule has 4 rings (SSSR count). The minimum Gasteiger partial charge on any atom is -0.348 e. The Hall–Kier alpha value is -3.81.